The smallest absolute Gasteiger partial charge is 0.116 e. The van der Waals surface area contributed by atoms with E-state index in [1.807, 2.05) is 35.3 Å². The molecule has 2 aromatic heterocycles. The Morgan fingerprint density at radius 3 is 3.00 bits per heavy atom. The van der Waals surface area contributed by atoms with E-state index in [0.29, 0.717) is 0 Å². The van der Waals surface area contributed by atoms with Gasteiger partial charge in [0.05, 0.1) is 17.4 Å². The fourth-order valence-corrected chi connectivity index (χ4v) is 2.46. The van der Waals surface area contributed by atoms with E-state index in [-0.39, 0.29) is 0 Å². The molecular weight excluding hydrogens is 304 g/mol. The van der Waals surface area contributed by atoms with Crippen LogP contribution >= 0.6 is 15.9 Å². The minimum atomic E-state index is 0.923. The van der Waals surface area contributed by atoms with E-state index >= 15 is 0 Å². The predicted octanol–water partition coefficient (Wildman–Crippen LogP) is 3.67. The first-order valence-corrected chi connectivity index (χ1v) is 7.00. The number of halogens is 1. The lowest BCUT2D eigenvalue weighted by Crippen LogP contribution is -1.95. The molecule has 4 nitrogen and oxygen atoms in total. The summed E-state index contributed by atoms with van der Waals surface area (Å²) in [4.78, 5) is 8.70. The first-order valence-electron chi connectivity index (χ1n) is 6.21. The van der Waals surface area contributed by atoms with E-state index in [2.05, 4.69) is 37.9 Å². The summed E-state index contributed by atoms with van der Waals surface area (Å²) in [5.41, 5.74) is 2.89. The monoisotopic (exact) mass is 316 g/mol. The molecule has 19 heavy (non-hydrogen) atoms. The second-order valence-corrected chi connectivity index (χ2v) is 5.29. The topological polar surface area (TPSA) is 43.6 Å². The third-order valence-electron chi connectivity index (χ3n) is 2.96. The maximum Gasteiger partial charge on any atom is 0.116 e. The molecule has 0 amide bonds. The summed E-state index contributed by atoms with van der Waals surface area (Å²) in [6.45, 7) is 3.06. The predicted molar refractivity (Wildman–Crippen MR) is 78.8 cm³/mol. The highest BCUT2D eigenvalue weighted by molar-refractivity contribution is 9.10. The number of hydrogen-bond donors (Lipinski definition) is 0. The minimum Gasteiger partial charge on any atom is -0.272 e. The summed E-state index contributed by atoms with van der Waals surface area (Å²) >= 11 is 3.49. The summed E-state index contributed by atoms with van der Waals surface area (Å²) in [5, 5.41) is 5.39. The molecule has 2 heterocycles. The van der Waals surface area contributed by atoms with E-state index < -0.39 is 0 Å². The zero-order valence-corrected chi connectivity index (χ0v) is 12.1. The molecule has 0 aliphatic carbocycles. The third-order valence-corrected chi connectivity index (χ3v) is 3.45. The number of rotatable bonds is 3. The molecule has 5 heteroatoms. The average Bonchev–Trinajstić information content (AvgIpc) is 2.87. The highest BCUT2D eigenvalue weighted by Crippen LogP contribution is 2.27. The second kappa shape index (κ2) is 5.09. The minimum absolute atomic E-state index is 0.923. The van der Waals surface area contributed by atoms with Gasteiger partial charge in [0.25, 0.3) is 0 Å². The normalized spacial score (nSPS) is 11.1. The summed E-state index contributed by atoms with van der Waals surface area (Å²) in [6, 6.07) is 6.02. The lowest BCUT2D eigenvalue weighted by molar-refractivity contribution is 0.603. The maximum absolute atomic E-state index is 4.41. The Labute approximate surface area is 119 Å². The number of fused-ring (bicyclic) bond motifs is 1. The van der Waals surface area contributed by atoms with Crippen LogP contribution in [-0.2, 0) is 6.54 Å². The van der Waals surface area contributed by atoms with Crippen molar-refractivity contribution in [1.29, 1.82) is 0 Å². The number of aromatic nitrogens is 4. The number of benzene rings is 1. The van der Waals surface area contributed by atoms with Crippen molar-refractivity contribution in [2.45, 2.75) is 19.9 Å². The zero-order valence-electron chi connectivity index (χ0n) is 10.5. The van der Waals surface area contributed by atoms with Gasteiger partial charge in [-0.2, -0.15) is 5.10 Å². The van der Waals surface area contributed by atoms with Crippen LogP contribution in [0.4, 0.5) is 0 Å². The summed E-state index contributed by atoms with van der Waals surface area (Å²) in [5.74, 6) is 0. The van der Waals surface area contributed by atoms with Crippen LogP contribution in [0, 0.1) is 0 Å². The van der Waals surface area contributed by atoms with E-state index in [1.165, 1.54) is 0 Å². The number of nitrogens with zero attached hydrogens (tertiary/aromatic N) is 4. The molecule has 96 valence electrons. The van der Waals surface area contributed by atoms with Crippen molar-refractivity contribution in [2.75, 3.05) is 0 Å². The zero-order chi connectivity index (χ0) is 13.2. The van der Waals surface area contributed by atoms with Gasteiger partial charge in [0.1, 0.15) is 6.33 Å². The van der Waals surface area contributed by atoms with Crippen LogP contribution in [0.2, 0.25) is 0 Å². The van der Waals surface area contributed by atoms with Gasteiger partial charge in [-0.3, -0.25) is 4.68 Å². The van der Waals surface area contributed by atoms with Crippen LogP contribution in [0.1, 0.15) is 13.3 Å². The number of aryl methyl sites for hydroxylation is 1. The standard InChI is InChI=1S/C14H13BrN4/c1-2-5-19-8-10(7-18-19)14-12-6-11(15)3-4-13(12)16-9-17-14/h3-4,6-9H,2,5H2,1H3. The molecule has 0 saturated heterocycles. The summed E-state index contributed by atoms with van der Waals surface area (Å²) in [7, 11) is 0. The summed E-state index contributed by atoms with van der Waals surface area (Å²) in [6.07, 6.45) is 6.56. The SMILES string of the molecule is CCCn1cc(-c2ncnc3ccc(Br)cc23)cn1. The van der Waals surface area contributed by atoms with E-state index in [9.17, 15) is 0 Å². The first-order chi connectivity index (χ1) is 9.28. The molecule has 0 fully saturated rings. The van der Waals surface area contributed by atoms with Crippen molar-refractivity contribution >= 4 is 26.8 Å². The van der Waals surface area contributed by atoms with Crippen molar-refractivity contribution in [3.8, 4) is 11.3 Å². The molecule has 0 spiro atoms. The van der Waals surface area contributed by atoms with Crippen LogP contribution in [0.25, 0.3) is 22.2 Å². The molecule has 0 atom stereocenters. The van der Waals surface area contributed by atoms with Gasteiger partial charge in [0.15, 0.2) is 0 Å². The molecule has 0 N–H and O–H groups in total. The summed E-state index contributed by atoms with van der Waals surface area (Å²) < 4.78 is 2.97. The Morgan fingerprint density at radius 2 is 2.16 bits per heavy atom. The average molecular weight is 317 g/mol. The second-order valence-electron chi connectivity index (χ2n) is 4.38. The fourth-order valence-electron chi connectivity index (χ4n) is 2.10. The fraction of sp³-hybridized carbons (Fsp3) is 0.214. The van der Waals surface area contributed by atoms with Crippen molar-refractivity contribution in [3.05, 3.63) is 41.4 Å². The Morgan fingerprint density at radius 1 is 1.26 bits per heavy atom. The molecule has 3 aromatic rings. The molecule has 0 radical (unpaired) electrons. The van der Waals surface area contributed by atoms with Gasteiger partial charge in [-0.05, 0) is 24.6 Å². The largest absolute Gasteiger partial charge is 0.272 e. The molecular formula is C14H13BrN4. The lowest BCUT2D eigenvalue weighted by atomic mass is 10.1. The van der Waals surface area contributed by atoms with Gasteiger partial charge >= 0.3 is 0 Å². The first kappa shape index (κ1) is 12.3. The third kappa shape index (κ3) is 2.38. The van der Waals surface area contributed by atoms with Crippen LogP contribution < -0.4 is 0 Å². The van der Waals surface area contributed by atoms with Crippen molar-refractivity contribution in [1.82, 2.24) is 19.7 Å². The Bertz CT molecular complexity index is 720. The maximum atomic E-state index is 4.41. The van der Waals surface area contributed by atoms with Crippen LogP contribution in [-0.4, -0.2) is 19.7 Å². The lowest BCUT2D eigenvalue weighted by Gasteiger charge is -2.03. The molecule has 0 saturated carbocycles. The van der Waals surface area contributed by atoms with Gasteiger partial charge < -0.3 is 0 Å². The van der Waals surface area contributed by atoms with E-state index in [0.717, 1.165) is 39.6 Å². The van der Waals surface area contributed by atoms with E-state index in [4.69, 9.17) is 0 Å². The highest BCUT2D eigenvalue weighted by Gasteiger charge is 2.08. The molecule has 0 bridgehead atoms. The van der Waals surface area contributed by atoms with Crippen LogP contribution in [0.15, 0.2) is 41.4 Å². The van der Waals surface area contributed by atoms with Crippen molar-refractivity contribution in [3.63, 3.8) is 0 Å². The highest BCUT2D eigenvalue weighted by atomic mass is 79.9. The van der Waals surface area contributed by atoms with Gasteiger partial charge in [-0.1, -0.05) is 22.9 Å². The van der Waals surface area contributed by atoms with Crippen molar-refractivity contribution < 1.29 is 0 Å². The Balaban J connectivity index is 2.15. The van der Waals surface area contributed by atoms with Crippen LogP contribution in [0.5, 0.6) is 0 Å². The number of hydrogen-bond acceptors (Lipinski definition) is 3. The molecule has 3 rings (SSSR count). The van der Waals surface area contributed by atoms with Gasteiger partial charge in [0, 0.05) is 28.2 Å². The quantitative estimate of drug-likeness (QED) is 0.740. The molecule has 0 aliphatic heterocycles. The molecule has 0 aliphatic rings. The Hall–Kier alpha value is -1.75. The van der Waals surface area contributed by atoms with Gasteiger partial charge in [-0.25, -0.2) is 9.97 Å². The van der Waals surface area contributed by atoms with Gasteiger partial charge in [-0.15, -0.1) is 0 Å². The molecule has 1 aromatic carbocycles. The Kier molecular flexibility index (Phi) is 3.29. The van der Waals surface area contributed by atoms with Crippen molar-refractivity contribution in [2.24, 2.45) is 0 Å². The van der Waals surface area contributed by atoms with E-state index in [1.54, 1.807) is 6.33 Å². The van der Waals surface area contributed by atoms with Gasteiger partial charge in [0.2, 0.25) is 0 Å². The molecule has 0 unspecified atom stereocenters. The van der Waals surface area contributed by atoms with Crippen LogP contribution in [0.3, 0.4) is 0 Å².